The normalized spacial score (nSPS) is 12.5. The standard InChI is InChI=1S/C12H18O3S/c1-4-9-7-10(5-2)12(15-16(13)14)11(6-3)8-9/h7-8H,4-6H2,1-3H3,(H,13,14)/p-1. The highest BCUT2D eigenvalue weighted by Gasteiger charge is 2.10. The summed E-state index contributed by atoms with van der Waals surface area (Å²) in [6.45, 7) is 6.07. The van der Waals surface area contributed by atoms with Gasteiger partial charge in [0, 0.05) is 0 Å². The van der Waals surface area contributed by atoms with E-state index < -0.39 is 11.4 Å². The molecule has 3 nitrogen and oxygen atoms in total. The third kappa shape index (κ3) is 3.06. The second-order valence-corrected chi connectivity index (χ2v) is 4.17. The lowest BCUT2D eigenvalue weighted by atomic mass is 9.99. The van der Waals surface area contributed by atoms with Crippen molar-refractivity contribution >= 4 is 11.4 Å². The Morgan fingerprint density at radius 3 is 1.94 bits per heavy atom. The van der Waals surface area contributed by atoms with E-state index >= 15 is 0 Å². The van der Waals surface area contributed by atoms with Gasteiger partial charge in [0.15, 0.2) is 0 Å². The lowest BCUT2D eigenvalue weighted by Gasteiger charge is -2.16. The highest BCUT2D eigenvalue weighted by molar-refractivity contribution is 7.74. The molecule has 0 aromatic heterocycles. The van der Waals surface area contributed by atoms with Gasteiger partial charge in [0.25, 0.3) is 0 Å². The van der Waals surface area contributed by atoms with Gasteiger partial charge in [-0.3, -0.25) is 0 Å². The fraction of sp³-hybridized carbons (Fsp3) is 0.500. The Bertz CT molecular complexity index is 363. The van der Waals surface area contributed by atoms with E-state index in [-0.39, 0.29) is 0 Å². The van der Waals surface area contributed by atoms with E-state index in [4.69, 9.17) is 4.18 Å². The molecule has 0 aliphatic rings. The number of benzene rings is 1. The summed E-state index contributed by atoms with van der Waals surface area (Å²) >= 11 is -2.50. The van der Waals surface area contributed by atoms with Crippen LogP contribution >= 0.6 is 0 Å². The first-order chi connectivity index (χ1) is 7.62. The summed E-state index contributed by atoms with van der Waals surface area (Å²) in [6.07, 6.45) is 2.49. The summed E-state index contributed by atoms with van der Waals surface area (Å²) in [5, 5.41) is 0. The zero-order valence-corrected chi connectivity index (χ0v) is 10.7. The molecule has 1 atom stereocenters. The number of aryl methyl sites for hydroxylation is 3. The number of rotatable bonds is 5. The van der Waals surface area contributed by atoms with Crippen LogP contribution in [0.2, 0.25) is 0 Å². The van der Waals surface area contributed by atoms with Gasteiger partial charge in [-0.2, -0.15) is 0 Å². The predicted molar refractivity (Wildman–Crippen MR) is 64.1 cm³/mol. The molecule has 1 aromatic rings. The molecule has 1 unspecified atom stereocenters. The molecule has 0 saturated carbocycles. The minimum atomic E-state index is -2.50. The molecule has 0 saturated heterocycles. The molecule has 4 heteroatoms. The van der Waals surface area contributed by atoms with Crippen LogP contribution in [0.4, 0.5) is 0 Å². The summed E-state index contributed by atoms with van der Waals surface area (Å²) in [5.41, 5.74) is 3.14. The molecular weight excluding hydrogens is 224 g/mol. The molecule has 0 bridgehead atoms. The van der Waals surface area contributed by atoms with Crippen LogP contribution in [0.25, 0.3) is 0 Å². The van der Waals surface area contributed by atoms with Crippen LogP contribution in [0.1, 0.15) is 37.5 Å². The van der Waals surface area contributed by atoms with Crippen molar-refractivity contribution < 1.29 is 12.9 Å². The van der Waals surface area contributed by atoms with E-state index in [2.05, 4.69) is 6.92 Å². The van der Waals surface area contributed by atoms with Crippen molar-refractivity contribution in [2.75, 3.05) is 0 Å². The largest absolute Gasteiger partial charge is 0.740 e. The fourth-order valence-electron chi connectivity index (χ4n) is 1.73. The Labute approximate surface area is 99.3 Å². The van der Waals surface area contributed by atoms with Gasteiger partial charge in [-0.05, 0) is 36.0 Å². The maximum absolute atomic E-state index is 10.6. The molecule has 0 heterocycles. The van der Waals surface area contributed by atoms with Gasteiger partial charge in [0.1, 0.15) is 17.1 Å². The van der Waals surface area contributed by atoms with Gasteiger partial charge >= 0.3 is 0 Å². The van der Waals surface area contributed by atoms with Crippen molar-refractivity contribution in [3.63, 3.8) is 0 Å². The molecule has 90 valence electrons. The Hall–Kier alpha value is -0.870. The summed E-state index contributed by atoms with van der Waals surface area (Å²) < 4.78 is 26.1. The summed E-state index contributed by atoms with van der Waals surface area (Å²) in [4.78, 5) is 0. The van der Waals surface area contributed by atoms with Crippen LogP contribution in [0.3, 0.4) is 0 Å². The summed E-state index contributed by atoms with van der Waals surface area (Å²) in [5.74, 6) is 0.510. The lowest BCUT2D eigenvalue weighted by molar-refractivity contribution is 0.436. The van der Waals surface area contributed by atoms with Crippen molar-refractivity contribution in [3.05, 3.63) is 28.8 Å². The van der Waals surface area contributed by atoms with E-state index in [9.17, 15) is 8.76 Å². The molecule has 1 rings (SSSR count). The van der Waals surface area contributed by atoms with Crippen LogP contribution in [-0.2, 0) is 30.6 Å². The van der Waals surface area contributed by atoms with E-state index in [1.807, 2.05) is 26.0 Å². The lowest BCUT2D eigenvalue weighted by Crippen LogP contribution is -2.04. The topological polar surface area (TPSA) is 49.4 Å². The van der Waals surface area contributed by atoms with Crippen molar-refractivity contribution in [1.82, 2.24) is 0 Å². The van der Waals surface area contributed by atoms with Crippen LogP contribution in [0.15, 0.2) is 12.1 Å². The first kappa shape index (κ1) is 13.2. The smallest absolute Gasteiger partial charge is 0.145 e. The molecule has 0 aliphatic carbocycles. The van der Waals surface area contributed by atoms with Gasteiger partial charge in [0.2, 0.25) is 0 Å². The number of hydrogen-bond donors (Lipinski definition) is 0. The zero-order chi connectivity index (χ0) is 12.1. The quantitative estimate of drug-likeness (QED) is 0.744. The van der Waals surface area contributed by atoms with Crippen molar-refractivity contribution in [2.45, 2.75) is 40.0 Å². The van der Waals surface area contributed by atoms with Gasteiger partial charge in [-0.1, -0.05) is 32.9 Å². The SMILES string of the molecule is CCc1cc(CC)c(OS(=O)[O-])c(CC)c1. The second-order valence-electron chi connectivity index (χ2n) is 3.59. The average Bonchev–Trinajstić information content (AvgIpc) is 2.28. The monoisotopic (exact) mass is 241 g/mol. The highest BCUT2D eigenvalue weighted by Crippen LogP contribution is 2.28. The second kappa shape index (κ2) is 6.01. The van der Waals surface area contributed by atoms with Crippen LogP contribution in [-0.4, -0.2) is 8.76 Å². The maximum atomic E-state index is 10.6. The van der Waals surface area contributed by atoms with Crippen molar-refractivity contribution in [2.24, 2.45) is 0 Å². The molecule has 0 spiro atoms. The minimum Gasteiger partial charge on any atom is -0.740 e. The molecule has 0 aliphatic heterocycles. The minimum absolute atomic E-state index is 0.510. The highest BCUT2D eigenvalue weighted by atomic mass is 32.2. The van der Waals surface area contributed by atoms with Crippen molar-refractivity contribution in [1.29, 1.82) is 0 Å². The summed E-state index contributed by atoms with van der Waals surface area (Å²) in [6, 6.07) is 4.03. The van der Waals surface area contributed by atoms with Gasteiger partial charge in [0.05, 0.1) is 0 Å². The molecule has 0 N–H and O–H groups in total. The van der Waals surface area contributed by atoms with Crippen molar-refractivity contribution in [3.8, 4) is 5.75 Å². The van der Waals surface area contributed by atoms with E-state index in [0.29, 0.717) is 5.75 Å². The molecular formula is C12H17O3S-. The molecule has 1 aromatic carbocycles. The van der Waals surface area contributed by atoms with Crippen LogP contribution in [0.5, 0.6) is 5.75 Å². The first-order valence-electron chi connectivity index (χ1n) is 5.54. The average molecular weight is 241 g/mol. The van der Waals surface area contributed by atoms with E-state index in [1.54, 1.807) is 0 Å². The van der Waals surface area contributed by atoms with Gasteiger partial charge < -0.3 is 8.74 Å². The molecule has 16 heavy (non-hydrogen) atoms. The summed E-state index contributed by atoms with van der Waals surface area (Å²) in [7, 11) is 0. The van der Waals surface area contributed by atoms with E-state index in [1.165, 1.54) is 5.56 Å². The molecule has 0 radical (unpaired) electrons. The fourth-order valence-corrected chi connectivity index (χ4v) is 2.08. The van der Waals surface area contributed by atoms with Crippen LogP contribution in [0, 0.1) is 0 Å². The predicted octanol–water partition coefficient (Wildman–Crippen LogP) is 2.55. The van der Waals surface area contributed by atoms with Gasteiger partial charge in [-0.25, -0.2) is 4.21 Å². The Morgan fingerprint density at radius 1 is 1.12 bits per heavy atom. The molecule has 0 fully saturated rings. The zero-order valence-electron chi connectivity index (χ0n) is 9.91. The Morgan fingerprint density at radius 2 is 1.62 bits per heavy atom. The van der Waals surface area contributed by atoms with E-state index in [0.717, 1.165) is 30.4 Å². The Balaban J connectivity index is 3.25. The number of hydrogen-bond acceptors (Lipinski definition) is 3. The third-order valence-corrected chi connectivity index (χ3v) is 2.93. The first-order valence-corrected chi connectivity index (χ1v) is 6.54. The van der Waals surface area contributed by atoms with Crippen LogP contribution < -0.4 is 4.18 Å². The Kier molecular flexibility index (Phi) is 4.96. The molecule has 0 amide bonds. The maximum Gasteiger partial charge on any atom is 0.145 e. The van der Waals surface area contributed by atoms with Gasteiger partial charge in [-0.15, -0.1) is 0 Å². The third-order valence-electron chi connectivity index (χ3n) is 2.62.